The van der Waals surface area contributed by atoms with Crippen LogP contribution in [0.1, 0.15) is 6.92 Å². The number of ether oxygens (including phenoxy) is 1. The molecule has 1 heterocycles. The van der Waals surface area contributed by atoms with Crippen LogP contribution in [0, 0.1) is 5.92 Å². The minimum atomic E-state index is -0.590. The third-order valence-corrected chi connectivity index (χ3v) is 2.40. The molecule has 0 aromatic carbocycles. The average Bonchev–Trinajstić information content (AvgIpc) is 2.11. The molecule has 1 fully saturated rings. The molecule has 13 heavy (non-hydrogen) atoms. The van der Waals surface area contributed by atoms with Crippen molar-refractivity contribution in [1.82, 2.24) is 4.31 Å². The van der Waals surface area contributed by atoms with Gasteiger partial charge in [0, 0.05) is 0 Å². The van der Waals surface area contributed by atoms with E-state index < -0.39 is 11.9 Å². The zero-order chi connectivity index (χ0) is 9.84. The Balaban J connectivity index is 2.38. The van der Waals surface area contributed by atoms with Crippen LogP contribution in [0.5, 0.6) is 0 Å². The highest BCUT2D eigenvalue weighted by Gasteiger charge is 2.43. The molecule has 0 saturated carbocycles. The first-order chi connectivity index (χ1) is 6.20. The van der Waals surface area contributed by atoms with Gasteiger partial charge in [-0.3, -0.25) is 13.9 Å². The van der Waals surface area contributed by atoms with Crippen LogP contribution in [0.3, 0.4) is 0 Å². The highest BCUT2D eigenvalue weighted by atomic mass is 32.2. The lowest BCUT2D eigenvalue weighted by molar-refractivity contribution is -0.160. The molecule has 0 spiro atoms. The summed E-state index contributed by atoms with van der Waals surface area (Å²) in [7, 11) is 0. The van der Waals surface area contributed by atoms with Gasteiger partial charge in [0.2, 0.25) is 5.91 Å². The smallest absolute Gasteiger partial charge is 0.320 e. The second-order valence-corrected chi connectivity index (χ2v) is 3.46. The summed E-state index contributed by atoms with van der Waals surface area (Å²) in [4.78, 5) is 22.3. The Morgan fingerprint density at radius 2 is 2.62 bits per heavy atom. The number of amides is 1. The van der Waals surface area contributed by atoms with E-state index in [0.717, 1.165) is 0 Å². The van der Waals surface area contributed by atoms with Gasteiger partial charge in [-0.15, -0.1) is 0 Å². The Labute approximate surface area is 81.1 Å². The number of esters is 1. The number of hydrogen-bond acceptors (Lipinski definition) is 4. The standard InChI is InChI=1S/C8H11NO3S/c1-3-12-8(11)6-5-9(7(6)10)13-4-2/h4,6H,2-3,5H2,1H3. The molecule has 0 N–H and O–H groups in total. The van der Waals surface area contributed by atoms with Crippen molar-refractivity contribution >= 4 is 23.8 Å². The minimum Gasteiger partial charge on any atom is -0.465 e. The fourth-order valence-electron chi connectivity index (χ4n) is 0.998. The van der Waals surface area contributed by atoms with E-state index in [1.165, 1.54) is 16.3 Å². The molecular formula is C8H11NO3S. The van der Waals surface area contributed by atoms with Crippen molar-refractivity contribution < 1.29 is 14.3 Å². The summed E-state index contributed by atoms with van der Waals surface area (Å²) < 4.78 is 6.20. The molecule has 4 nitrogen and oxygen atoms in total. The van der Waals surface area contributed by atoms with Gasteiger partial charge in [-0.2, -0.15) is 0 Å². The number of rotatable bonds is 4. The maximum atomic E-state index is 11.2. The van der Waals surface area contributed by atoms with Crippen molar-refractivity contribution in [3.8, 4) is 0 Å². The Morgan fingerprint density at radius 1 is 1.92 bits per heavy atom. The van der Waals surface area contributed by atoms with Crippen molar-refractivity contribution in [2.24, 2.45) is 5.92 Å². The molecule has 1 unspecified atom stereocenters. The van der Waals surface area contributed by atoms with Crippen LogP contribution in [0.4, 0.5) is 0 Å². The van der Waals surface area contributed by atoms with Gasteiger partial charge in [0.15, 0.2) is 5.92 Å². The summed E-state index contributed by atoms with van der Waals surface area (Å²) in [5, 5.41) is 1.55. The van der Waals surface area contributed by atoms with E-state index in [1.807, 2.05) is 0 Å². The molecule has 1 aliphatic rings. The fourth-order valence-corrected chi connectivity index (χ4v) is 1.64. The third-order valence-electron chi connectivity index (χ3n) is 1.67. The van der Waals surface area contributed by atoms with Gasteiger partial charge < -0.3 is 4.74 Å². The maximum absolute atomic E-state index is 11.2. The van der Waals surface area contributed by atoms with Gasteiger partial charge in [0.1, 0.15) is 0 Å². The van der Waals surface area contributed by atoms with E-state index in [4.69, 9.17) is 4.74 Å². The number of carbonyl (C=O) groups excluding carboxylic acids is 2. The van der Waals surface area contributed by atoms with Crippen LogP contribution in [0.2, 0.25) is 0 Å². The maximum Gasteiger partial charge on any atom is 0.320 e. The molecule has 0 radical (unpaired) electrons. The Morgan fingerprint density at radius 3 is 3.08 bits per heavy atom. The van der Waals surface area contributed by atoms with Crippen molar-refractivity contribution in [3.05, 3.63) is 12.0 Å². The van der Waals surface area contributed by atoms with E-state index in [0.29, 0.717) is 13.2 Å². The van der Waals surface area contributed by atoms with E-state index in [2.05, 4.69) is 6.58 Å². The van der Waals surface area contributed by atoms with Gasteiger partial charge in [-0.1, -0.05) is 6.58 Å². The molecule has 1 atom stereocenters. The van der Waals surface area contributed by atoms with Crippen LogP contribution in [0.15, 0.2) is 12.0 Å². The third kappa shape index (κ3) is 2.03. The fraction of sp³-hybridized carbons (Fsp3) is 0.500. The van der Waals surface area contributed by atoms with Gasteiger partial charge in [-0.25, -0.2) is 0 Å². The summed E-state index contributed by atoms with van der Waals surface area (Å²) in [5.74, 6) is -1.20. The van der Waals surface area contributed by atoms with Crippen LogP contribution in [0.25, 0.3) is 0 Å². The summed E-state index contributed by atoms with van der Waals surface area (Å²) in [5.41, 5.74) is 0. The van der Waals surface area contributed by atoms with Gasteiger partial charge in [0.25, 0.3) is 0 Å². The second kappa shape index (κ2) is 4.32. The van der Waals surface area contributed by atoms with Gasteiger partial charge in [-0.05, 0) is 24.3 Å². The second-order valence-electron chi connectivity index (χ2n) is 2.48. The number of hydrogen-bond donors (Lipinski definition) is 0. The first-order valence-corrected chi connectivity index (χ1v) is 4.80. The molecular weight excluding hydrogens is 190 g/mol. The Bertz CT molecular complexity index is 242. The molecule has 0 bridgehead atoms. The van der Waals surface area contributed by atoms with Crippen molar-refractivity contribution in [3.63, 3.8) is 0 Å². The normalized spacial score (nSPS) is 20.8. The molecule has 1 saturated heterocycles. The SMILES string of the molecule is C=CSN1CC(C(=O)OCC)C1=O. The Hall–Kier alpha value is -0.970. The molecule has 1 aliphatic heterocycles. The predicted molar refractivity (Wildman–Crippen MR) is 49.6 cm³/mol. The summed E-state index contributed by atoms with van der Waals surface area (Å²) in [6, 6.07) is 0. The zero-order valence-electron chi connectivity index (χ0n) is 7.36. The number of carbonyl (C=O) groups is 2. The molecule has 0 aromatic heterocycles. The lowest BCUT2D eigenvalue weighted by Gasteiger charge is -2.34. The van der Waals surface area contributed by atoms with Crippen molar-refractivity contribution in [2.75, 3.05) is 13.2 Å². The molecule has 1 amide bonds. The lowest BCUT2D eigenvalue weighted by Crippen LogP contribution is -2.52. The molecule has 5 heteroatoms. The highest BCUT2D eigenvalue weighted by Crippen LogP contribution is 2.26. The topological polar surface area (TPSA) is 46.6 Å². The van der Waals surface area contributed by atoms with Crippen molar-refractivity contribution in [1.29, 1.82) is 0 Å². The van der Waals surface area contributed by atoms with E-state index in [1.54, 1.807) is 12.3 Å². The largest absolute Gasteiger partial charge is 0.465 e. The molecule has 1 rings (SSSR count). The van der Waals surface area contributed by atoms with Crippen molar-refractivity contribution in [2.45, 2.75) is 6.92 Å². The molecule has 0 aliphatic carbocycles. The molecule has 0 aromatic rings. The first-order valence-electron chi connectivity index (χ1n) is 3.96. The lowest BCUT2D eigenvalue weighted by atomic mass is 10.0. The zero-order valence-corrected chi connectivity index (χ0v) is 8.17. The van der Waals surface area contributed by atoms with E-state index in [-0.39, 0.29) is 5.91 Å². The summed E-state index contributed by atoms with van der Waals surface area (Å²) in [6.07, 6.45) is 0. The number of β-lactam (4-membered cyclic amide) rings is 1. The molecule has 72 valence electrons. The monoisotopic (exact) mass is 201 g/mol. The average molecular weight is 201 g/mol. The van der Waals surface area contributed by atoms with Crippen LogP contribution < -0.4 is 0 Å². The van der Waals surface area contributed by atoms with E-state index in [9.17, 15) is 9.59 Å². The van der Waals surface area contributed by atoms with Gasteiger partial charge >= 0.3 is 5.97 Å². The minimum absolute atomic E-state index is 0.191. The quantitative estimate of drug-likeness (QED) is 0.292. The summed E-state index contributed by atoms with van der Waals surface area (Å²) >= 11 is 1.21. The van der Waals surface area contributed by atoms with Crippen LogP contribution in [-0.2, 0) is 14.3 Å². The highest BCUT2D eigenvalue weighted by molar-refractivity contribution is 8.00. The van der Waals surface area contributed by atoms with Gasteiger partial charge in [0.05, 0.1) is 13.2 Å². The van der Waals surface area contributed by atoms with Crippen LogP contribution >= 0.6 is 11.9 Å². The Kier molecular flexibility index (Phi) is 3.36. The van der Waals surface area contributed by atoms with E-state index >= 15 is 0 Å². The predicted octanol–water partition coefficient (Wildman–Crippen LogP) is 0.800. The van der Waals surface area contributed by atoms with Crippen LogP contribution in [-0.4, -0.2) is 29.3 Å². The number of nitrogens with zero attached hydrogens (tertiary/aromatic N) is 1. The first kappa shape index (κ1) is 10.1. The summed E-state index contributed by atoms with van der Waals surface area (Å²) in [6.45, 7) is 5.94.